The van der Waals surface area contributed by atoms with Gasteiger partial charge in [0.1, 0.15) is 5.54 Å². The summed E-state index contributed by atoms with van der Waals surface area (Å²) in [6.45, 7) is 4.15. The summed E-state index contributed by atoms with van der Waals surface area (Å²) in [4.78, 5) is 25.8. The van der Waals surface area contributed by atoms with E-state index in [0.717, 1.165) is 12.0 Å². The third-order valence-corrected chi connectivity index (χ3v) is 4.28. The van der Waals surface area contributed by atoms with Gasteiger partial charge in [-0.2, -0.15) is 0 Å². The molecule has 2 unspecified atom stereocenters. The number of carboxylic acids is 1. The number of carbonyl (C=O) groups excluding carboxylic acids is 1. The summed E-state index contributed by atoms with van der Waals surface area (Å²) in [6.07, 6.45) is 1.95. The van der Waals surface area contributed by atoms with Gasteiger partial charge in [0.05, 0.1) is 5.92 Å². The fourth-order valence-corrected chi connectivity index (χ4v) is 2.97. The second-order valence-electron chi connectivity index (χ2n) is 5.54. The third kappa shape index (κ3) is 2.42. The van der Waals surface area contributed by atoms with Crippen molar-refractivity contribution in [2.24, 2.45) is 0 Å². The molecule has 1 aliphatic heterocycles. The van der Waals surface area contributed by atoms with Crippen LogP contribution in [-0.2, 0) is 9.59 Å². The van der Waals surface area contributed by atoms with Gasteiger partial charge in [-0.3, -0.25) is 4.79 Å². The van der Waals surface area contributed by atoms with Crippen molar-refractivity contribution in [3.05, 3.63) is 35.9 Å². The maximum atomic E-state index is 12.8. The molecule has 1 aliphatic rings. The summed E-state index contributed by atoms with van der Waals surface area (Å²) < 4.78 is 0. The molecule has 1 aromatic carbocycles. The first-order chi connectivity index (χ1) is 9.50. The highest BCUT2D eigenvalue weighted by Gasteiger charge is 2.47. The Hall–Kier alpha value is -1.84. The summed E-state index contributed by atoms with van der Waals surface area (Å²) in [6, 6.07) is 9.59. The van der Waals surface area contributed by atoms with Crippen molar-refractivity contribution in [2.75, 3.05) is 6.54 Å². The lowest BCUT2D eigenvalue weighted by molar-refractivity contribution is -0.156. The van der Waals surface area contributed by atoms with E-state index in [1.54, 1.807) is 11.8 Å². The van der Waals surface area contributed by atoms with Crippen LogP contribution in [0.3, 0.4) is 0 Å². The number of hydrogen-bond acceptors (Lipinski definition) is 2. The van der Waals surface area contributed by atoms with Gasteiger partial charge in [0.15, 0.2) is 0 Å². The van der Waals surface area contributed by atoms with Gasteiger partial charge in [0, 0.05) is 6.54 Å². The Balaban J connectivity index is 2.28. The molecular formula is C16H21NO3. The zero-order valence-electron chi connectivity index (χ0n) is 12.0. The molecule has 1 heterocycles. The van der Waals surface area contributed by atoms with Crippen LogP contribution in [-0.4, -0.2) is 34.0 Å². The van der Waals surface area contributed by atoms with Crippen molar-refractivity contribution >= 4 is 11.9 Å². The zero-order valence-corrected chi connectivity index (χ0v) is 12.0. The maximum absolute atomic E-state index is 12.8. The van der Waals surface area contributed by atoms with Crippen LogP contribution in [0.25, 0.3) is 0 Å². The topological polar surface area (TPSA) is 57.6 Å². The average Bonchev–Trinajstić information content (AvgIpc) is 2.84. The van der Waals surface area contributed by atoms with Gasteiger partial charge in [-0.15, -0.1) is 0 Å². The second-order valence-corrected chi connectivity index (χ2v) is 5.54. The summed E-state index contributed by atoms with van der Waals surface area (Å²) in [5.74, 6) is -1.24. The molecule has 0 saturated carbocycles. The third-order valence-electron chi connectivity index (χ3n) is 4.28. The fraction of sp³-hybridized carbons (Fsp3) is 0.500. The fourth-order valence-electron chi connectivity index (χ4n) is 2.97. The van der Waals surface area contributed by atoms with Crippen LogP contribution in [0.5, 0.6) is 0 Å². The smallest absolute Gasteiger partial charge is 0.329 e. The Morgan fingerprint density at radius 1 is 1.35 bits per heavy atom. The van der Waals surface area contributed by atoms with E-state index in [9.17, 15) is 14.7 Å². The monoisotopic (exact) mass is 275 g/mol. The van der Waals surface area contributed by atoms with Crippen LogP contribution in [0.15, 0.2) is 30.3 Å². The first kappa shape index (κ1) is 14.6. The lowest BCUT2D eigenvalue weighted by Gasteiger charge is -2.34. The van der Waals surface area contributed by atoms with Gasteiger partial charge in [0.25, 0.3) is 0 Å². The van der Waals surface area contributed by atoms with Crippen molar-refractivity contribution in [3.63, 3.8) is 0 Å². The van der Waals surface area contributed by atoms with Gasteiger partial charge in [-0.1, -0.05) is 37.3 Å². The molecule has 1 amide bonds. The van der Waals surface area contributed by atoms with Crippen molar-refractivity contribution in [1.29, 1.82) is 0 Å². The summed E-state index contributed by atoms with van der Waals surface area (Å²) in [7, 11) is 0. The lowest BCUT2D eigenvalue weighted by Crippen LogP contribution is -2.52. The minimum Gasteiger partial charge on any atom is -0.480 e. The van der Waals surface area contributed by atoms with Gasteiger partial charge in [0.2, 0.25) is 5.91 Å². The molecule has 0 radical (unpaired) electrons. The number of aliphatic carboxylic acids is 1. The van der Waals surface area contributed by atoms with E-state index in [0.29, 0.717) is 19.4 Å². The van der Waals surface area contributed by atoms with Crippen molar-refractivity contribution in [3.8, 4) is 0 Å². The van der Waals surface area contributed by atoms with E-state index in [-0.39, 0.29) is 11.8 Å². The van der Waals surface area contributed by atoms with Crippen molar-refractivity contribution in [1.82, 2.24) is 4.90 Å². The Kier molecular flexibility index (Phi) is 4.12. The lowest BCUT2D eigenvalue weighted by atomic mass is 9.92. The van der Waals surface area contributed by atoms with Gasteiger partial charge < -0.3 is 10.0 Å². The first-order valence-corrected chi connectivity index (χ1v) is 7.10. The van der Waals surface area contributed by atoms with Crippen LogP contribution in [0.1, 0.15) is 44.6 Å². The number of benzene rings is 1. The predicted molar refractivity (Wildman–Crippen MR) is 76.5 cm³/mol. The minimum atomic E-state index is -1.06. The Labute approximate surface area is 119 Å². The predicted octanol–water partition coefficient (Wildman–Crippen LogP) is 2.65. The van der Waals surface area contributed by atoms with E-state index >= 15 is 0 Å². The van der Waals surface area contributed by atoms with Gasteiger partial charge in [-0.25, -0.2) is 4.79 Å². The zero-order chi connectivity index (χ0) is 14.8. The molecular weight excluding hydrogens is 254 g/mol. The van der Waals surface area contributed by atoms with E-state index in [1.165, 1.54) is 0 Å². The average molecular weight is 275 g/mol. The highest BCUT2D eigenvalue weighted by Crippen LogP contribution is 2.33. The van der Waals surface area contributed by atoms with Crippen LogP contribution in [0, 0.1) is 0 Å². The Morgan fingerprint density at radius 2 is 2.00 bits per heavy atom. The molecule has 20 heavy (non-hydrogen) atoms. The molecule has 0 spiro atoms. The normalized spacial score (nSPS) is 23.6. The molecule has 108 valence electrons. The minimum absolute atomic E-state index is 0.0684. The summed E-state index contributed by atoms with van der Waals surface area (Å²) in [5.41, 5.74) is -0.0983. The molecule has 0 bridgehead atoms. The first-order valence-electron chi connectivity index (χ1n) is 7.10. The van der Waals surface area contributed by atoms with Gasteiger partial charge >= 0.3 is 5.97 Å². The highest BCUT2D eigenvalue weighted by atomic mass is 16.4. The molecule has 1 aromatic rings. The van der Waals surface area contributed by atoms with Crippen molar-refractivity contribution in [2.45, 2.75) is 44.6 Å². The summed E-state index contributed by atoms with van der Waals surface area (Å²) in [5, 5.41) is 9.42. The molecule has 4 nitrogen and oxygen atoms in total. The Bertz CT molecular complexity index is 500. The van der Waals surface area contributed by atoms with Crippen LogP contribution >= 0.6 is 0 Å². The second kappa shape index (κ2) is 5.65. The number of amides is 1. The number of hydrogen-bond donors (Lipinski definition) is 1. The SMILES string of the molecule is CCC(C(=O)N1CCCC1(C)C(=O)O)c1ccccc1. The molecule has 1 N–H and O–H groups in total. The maximum Gasteiger partial charge on any atom is 0.329 e. The molecule has 1 saturated heterocycles. The number of rotatable bonds is 4. The molecule has 0 aliphatic carbocycles. The number of carbonyl (C=O) groups is 2. The Morgan fingerprint density at radius 3 is 2.55 bits per heavy atom. The molecule has 0 aromatic heterocycles. The number of carboxylic acid groups (broad SMARTS) is 1. The highest BCUT2D eigenvalue weighted by molar-refractivity contribution is 5.90. The standard InChI is InChI=1S/C16H21NO3/c1-3-13(12-8-5-4-6-9-12)14(18)17-11-7-10-16(17,2)15(19)20/h4-6,8-9,13H,3,7,10-11H2,1-2H3,(H,19,20). The molecule has 2 rings (SSSR count). The number of likely N-dealkylation sites (tertiary alicyclic amines) is 1. The van der Waals surface area contributed by atoms with E-state index < -0.39 is 11.5 Å². The van der Waals surface area contributed by atoms with Crippen molar-refractivity contribution < 1.29 is 14.7 Å². The van der Waals surface area contributed by atoms with Crippen LogP contribution in [0.2, 0.25) is 0 Å². The summed E-state index contributed by atoms with van der Waals surface area (Å²) >= 11 is 0. The molecule has 4 heteroatoms. The molecule has 2 atom stereocenters. The van der Waals surface area contributed by atoms with Gasteiger partial charge in [-0.05, 0) is 31.7 Å². The van der Waals surface area contributed by atoms with E-state index in [2.05, 4.69) is 0 Å². The number of nitrogens with zero attached hydrogens (tertiary/aromatic N) is 1. The van der Waals surface area contributed by atoms with E-state index in [4.69, 9.17) is 0 Å². The quantitative estimate of drug-likeness (QED) is 0.919. The largest absolute Gasteiger partial charge is 0.480 e. The van der Waals surface area contributed by atoms with Crippen LogP contribution < -0.4 is 0 Å². The molecule has 1 fully saturated rings. The van der Waals surface area contributed by atoms with E-state index in [1.807, 2.05) is 37.3 Å². The van der Waals surface area contributed by atoms with Crippen LogP contribution in [0.4, 0.5) is 0 Å².